The Kier molecular flexibility index (Phi) is 5.83. The Hall–Kier alpha value is -2.44. The van der Waals surface area contributed by atoms with Crippen molar-refractivity contribution in [2.45, 2.75) is 38.3 Å². The molecule has 29 heavy (non-hydrogen) atoms. The third-order valence-corrected chi connectivity index (χ3v) is 5.69. The van der Waals surface area contributed by atoms with E-state index >= 15 is 0 Å². The molecular formula is C22H22ClFN2O3. The fourth-order valence-electron chi connectivity index (χ4n) is 3.93. The van der Waals surface area contributed by atoms with Crippen LogP contribution in [0.2, 0.25) is 5.02 Å². The maximum Gasteiger partial charge on any atom is 0.229 e. The molecule has 0 radical (unpaired) electrons. The van der Waals surface area contributed by atoms with Crippen LogP contribution in [0.15, 0.2) is 36.4 Å². The topological polar surface area (TPSA) is 58.6 Å². The predicted molar refractivity (Wildman–Crippen MR) is 107 cm³/mol. The Morgan fingerprint density at radius 3 is 2.66 bits per heavy atom. The van der Waals surface area contributed by atoms with Crippen LogP contribution in [0.25, 0.3) is 0 Å². The van der Waals surface area contributed by atoms with E-state index in [-0.39, 0.29) is 49.6 Å². The molecule has 1 aliphatic heterocycles. The van der Waals surface area contributed by atoms with E-state index in [0.717, 1.165) is 23.4 Å². The number of ether oxygens (including phenoxy) is 1. The molecule has 0 unspecified atom stereocenters. The normalized spacial score (nSPS) is 18.4. The first-order chi connectivity index (χ1) is 14.0. The zero-order valence-electron chi connectivity index (χ0n) is 15.9. The summed E-state index contributed by atoms with van der Waals surface area (Å²) in [5.41, 5.74) is 3.34. The van der Waals surface area contributed by atoms with Crippen LogP contribution >= 0.6 is 11.6 Å². The standard InChI is InChI=1S/C22H22ClFN2O3/c23-16-3-4-17-15(12-16)2-5-19(17)25-13-14-1-6-20(18(24)11-14)29-10-9-26-21(27)7-8-22(26)28/h1,3-4,6,11-12,19,25H,2,5,7-10,13H2/t19-/m0/s1. The molecule has 5 nitrogen and oxygen atoms in total. The van der Waals surface area contributed by atoms with E-state index in [4.69, 9.17) is 16.3 Å². The van der Waals surface area contributed by atoms with Crippen LogP contribution in [-0.4, -0.2) is 29.9 Å². The molecule has 2 aromatic carbocycles. The van der Waals surface area contributed by atoms with Gasteiger partial charge in [0.25, 0.3) is 0 Å². The van der Waals surface area contributed by atoms with Crippen LogP contribution in [0.5, 0.6) is 5.75 Å². The van der Waals surface area contributed by atoms with Gasteiger partial charge in [-0.05, 0) is 53.8 Å². The van der Waals surface area contributed by atoms with Gasteiger partial charge < -0.3 is 10.1 Å². The molecule has 1 fully saturated rings. The number of hydrogen-bond acceptors (Lipinski definition) is 4. The van der Waals surface area contributed by atoms with Crippen LogP contribution in [0.1, 0.15) is 42.0 Å². The Morgan fingerprint density at radius 1 is 1.10 bits per heavy atom. The van der Waals surface area contributed by atoms with Gasteiger partial charge in [-0.1, -0.05) is 23.7 Å². The summed E-state index contributed by atoms with van der Waals surface area (Å²) in [4.78, 5) is 24.3. The van der Waals surface area contributed by atoms with Crippen molar-refractivity contribution in [3.8, 4) is 5.75 Å². The molecule has 1 heterocycles. The number of nitrogens with one attached hydrogen (secondary N) is 1. The number of fused-ring (bicyclic) bond motifs is 1. The summed E-state index contributed by atoms with van der Waals surface area (Å²) >= 11 is 6.05. The van der Waals surface area contributed by atoms with Crippen molar-refractivity contribution in [1.82, 2.24) is 10.2 Å². The second-order valence-corrected chi connectivity index (χ2v) is 7.80. The molecule has 2 aliphatic rings. The van der Waals surface area contributed by atoms with Crippen LogP contribution in [0, 0.1) is 5.82 Å². The number of aryl methyl sites for hydroxylation is 1. The van der Waals surface area contributed by atoms with Gasteiger partial charge in [0.1, 0.15) is 6.61 Å². The number of likely N-dealkylation sites (tertiary alicyclic amines) is 1. The lowest BCUT2D eigenvalue weighted by atomic mass is 10.1. The number of hydrogen-bond donors (Lipinski definition) is 1. The third kappa shape index (κ3) is 4.43. The van der Waals surface area contributed by atoms with E-state index in [9.17, 15) is 14.0 Å². The van der Waals surface area contributed by atoms with Gasteiger partial charge in [-0.15, -0.1) is 0 Å². The van der Waals surface area contributed by atoms with Gasteiger partial charge in [0.05, 0.1) is 6.54 Å². The van der Waals surface area contributed by atoms with Crippen LogP contribution in [0.3, 0.4) is 0 Å². The van der Waals surface area contributed by atoms with Crippen molar-refractivity contribution in [1.29, 1.82) is 0 Å². The summed E-state index contributed by atoms with van der Waals surface area (Å²) in [6, 6.07) is 11.0. The lowest BCUT2D eigenvalue weighted by Gasteiger charge is -2.16. The van der Waals surface area contributed by atoms with E-state index in [1.54, 1.807) is 6.07 Å². The average Bonchev–Trinajstić information content (AvgIpc) is 3.24. The fraction of sp³-hybridized carbons (Fsp3) is 0.364. The van der Waals surface area contributed by atoms with Crippen molar-refractivity contribution in [3.63, 3.8) is 0 Å². The van der Waals surface area contributed by atoms with E-state index in [2.05, 4.69) is 11.4 Å². The summed E-state index contributed by atoms with van der Waals surface area (Å²) in [6.07, 6.45) is 2.46. The average molecular weight is 417 g/mol. The first kappa shape index (κ1) is 19.9. The van der Waals surface area contributed by atoms with E-state index in [1.807, 2.05) is 18.2 Å². The summed E-state index contributed by atoms with van der Waals surface area (Å²) < 4.78 is 19.8. The highest BCUT2D eigenvalue weighted by atomic mass is 35.5. The summed E-state index contributed by atoms with van der Waals surface area (Å²) in [6.45, 7) is 0.764. The number of carbonyl (C=O) groups excluding carboxylic acids is 2. The molecule has 1 saturated heterocycles. The van der Waals surface area contributed by atoms with E-state index in [0.29, 0.717) is 6.54 Å². The molecule has 152 valence electrons. The monoisotopic (exact) mass is 416 g/mol. The van der Waals surface area contributed by atoms with Gasteiger partial charge in [-0.3, -0.25) is 14.5 Å². The largest absolute Gasteiger partial charge is 0.489 e. The number of imide groups is 1. The van der Waals surface area contributed by atoms with Crippen molar-refractivity contribution < 1.29 is 18.7 Å². The highest BCUT2D eigenvalue weighted by Crippen LogP contribution is 2.33. The summed E-state index contributed by atoms with van der Waals surface area (Å²) in [7, 11) is 0. The molecule has 0 bridgehead atoms. The van der Waals surface area contributed by atoms with Gasteiger partial charge in [0.15, 0.2) is 11.6 Å². The highest BCUT2D eigenvalue weighted by Gasteiger charge is 2.28. The SMILES string of the molecule is O=C1CCC(=O)N1CCOc1ccc(CN[C@H]2CCc3cc(Cl)ccc32)cc1F. The highest BCUT2D eigenvalue weighted by molar-refractivity contribution is 6.30. The van der Waals surface area contributed by atoms with Crippen molar-refractivity contribution in [2.75, 3.05) is 13.2 Å². The van der Waals surface area contributed by atoms with Gasteiger partial charge in [-0.2, -0.15) is 0 Å². The smallest absolute Gasteiger partial charge is 0.229 e. The second kappa shape index (κ2) is 8.51. The van der Waals surface area contributed by atoms with Crippen molar-refractivity contribution in [3.05, 3.63) is 63.9 Å². The minimum Gasteiger partial charge on any atom is -0.489 e. The quantitative estimate of drug-likeness (QED) is 0.698. The minimum absolute atomic E-state index is 0.0768. The zero-order chi connectivity index (χ0) is 20.4. The summed E-state index contributed by atoms with van der Waals surface area (Å²) in [5, 5.41) is 4.23. The number of halogens is 2. The molecule has 2 amide bonds. The molecule has 7 heteroatoms. The number of rotatable bonds is 7. The van der Waals surface area contributed by atoms with Gasteiger partial charge in [0, 0.05) is 30.5 Å². The Morgan fingerprint density at radius 2 is 1.90 bits per heavy atom. The maximum atomic E-state index is 14.4. The van der Waals surface area contributed by atoms with Gasteiger partial charge in [-0.25, -0.2) is 4.39 Å². The number of amides is 2. The number of carbonyl (C=O) groups is 2. The maximum absolute atomic E-state index is 14.4. The van der Waals surface area contributed by atoms with E-state index < -0.39 is 5.82 Å². The van der Waals surface area contributed by atoms with Crippen LogP contribution in [0.4, 0.5) is 4.39 Å². The third-order valence-electron chi connectivity index (χ3n) is 5.46. The molecule has 0 aromatic heterocycles. The molecule has 2 aromatic rings. The van der Waals surface area contributed by atoms with Gasteiger partial charge in [0.2, 0.25) is 11.8 Å². The lowest BCUT2D eigenvalue weighted by Crippen LogP contribution is -2.33. The molecule has 1 aliphatic carbocycles. The zero-order valence-corrected chi connectivity index (χ0v) is 16.7. The summed E-state index contributed by atoms with van der Waals surface area (Å²) in [5.74, 6) is -0.733. The number of nitrogens with zero attached hydrogens (tertiary/aromatic N) is 1. The Bertz CT molecular complexity index is 934. The van der Waals surface area contributed by atoms with Crippen molar-refractivity contribution in [2.24, 2.45) is 0 Å². The Balaban J connectivity index is 1.30. The molecule has 1 atom stereocenters. The first-order valence-corrected chi connectivity index (χ1v) is 10.1. The predicted octanol–water partition coefficient (Wildman–Crippen LogP) is 3.78. The fourth-order valence-corrected chi connectivity index (χ4v) is 4.12. The van der Waals surface area contributed by atoms with Crippen LogP contribution < -0.4 is 10.1 Å². The number of benzene rings is 2. The van der Waals surface area contributed by atoms with Crippen LogP contribution in [-0.2, 0) is 22.6 Å². The van der Waals surface area contributed by atoms with Crippen molar-refractivity contribution >= 4 is 23.4 Å². The first-order valence-electron chi connectivity index (χ1n) is 9.77. The molecule has 4 rings (SSSR count). The molecule has 1 N–H and O–H groups in total. The molecular weight excluding hydrogens is 395 g/mol. The molecule has 0 saturated carbocycles. The van der Waals surface area contributed by atoms with Gasteiger partial charge >= 0.3 is 0 Å². The second-order valence-electron chi connectivity index (χ2n) is 7.37. The lowest BCUT2D eigenvalue weighted by molar-refractivity contribution is -0.138. The Labute approximate surface area is 173 Å². The van der Waals surface area contributed by atoms with E-state index in [1.165, 1.54) is 22.1 Å². The molecule has 0 spiro atoms. The minimum atomic E-state index is -0.457.